The number of halogens is 3. The zero-order valence-electron chi connectivity index (χ0n) is 20.3. The molecule has 2 fully saturated rings. The first-order valence-corrected chi connectivity index (χ1v) is 12.9. The molecule has 0 radical (unpaired) electrons. The summed E-state index contributed by atoms with van der Waals surface area (Å²) in [6.45, 7) is 9.42. The molecule has 2 aliphatic rings. The van der Waals surface area contributed by atoms with Crippen LogP contribution in [0, 0.1) is 0 Å². The Hall–Kier alpha value is -2.65. The van der Waals surface area contributed by atoms with E-state index in [1.807, 2.05) is 12.1 Å². The second-order valence-corrected chi connectivity index (χ2v) is 10.2. The van der Waals surface area contributed by atoms with E-state index >= 15 is 0 Å². The Kier molecular flexibility index (Phi) is 8.51. The van der Waals surface area contributed by atoms with Gasteiger partial charge in [-0.15, -0.1) is 12.6 Å². The summed E-state index contributed by atoms with van der Waals surface area (Å²) in [7, 11) is 0. The van der Waals surface area contributed by atoms with Crippen LogP contribution < -0.4 is 20.9 Å². The number of rotatable bonds is 8. The number of piperidine rings is 1. The summed E-state index contributed by atoms with van der Waals surface area (Å²) in [4.78, 5) is 6.70. The largest absolute Gasteiger partial charge is 0.416 e. The molecule has 0 bridgehead atoms. The first kappa shape index (κ1) is 26.4. The van der Waals surface area contributed by atoms with Crippen molar-refractivity contribution in [2.75, 3.05) is 23.3 Å². The summed E-state index contributed by atoms with van der Waals surface area (Å²) in [5.41, 5.74) is 1.86. The molecule has 3 atom stereocenters. The van der Waals surface area contributed by atoms with Crippen LogP contribution in [0.3, 0.4) is 0 Å². The molecule has 5 nitrogen and oxygen atoms in total. The van der Waals surface area contributed by atoms with Gasteiger partial charge < -0.3 is 20.9 Å². The van der Waals surface area contributed by atoms with Crippen molar-refractivity contribution in [1.29, 1.82) is 0 Å². The number of aromatic nitrogens is 1. The molecule has 0 unspecified atom stereocenters. The highest BCUT2D eigenvalue weighted by Crippen LogP contribution is 2.31. The minimum Gasteiger partial charge on any atom is -0.370 e. The van der Waals surface area contributed by atoms with E-state index in [0.29, 0.717) is 16.8 Å². The van der Waals surface area contributed by atoms with Crippen LogP contribution in [0.4, 0.5) is 24.7 Å². The summed E-state index contributed by atoms with van der Waals surface area (Å²) in [5.74, 6) is 0.800. The Labute approximate surface area is 216 Å². The molecule has 2 aromatic rings. The van der Waals surface area contributed by atoms with Gasteiger partial charge in [0.25, 0.3) is 0 Å². The molecule has 1 aliphatic carbocycles. The van der Waals surface area contributed by atoms with Gasteiger partial charge in [-0.3, -0.25) is 0 Å². The summed E-state index contributed by atoms with van der Waals surface area (Å²) >= 11 is 4.19. The monoisotopic (exact) mass is 517 g/mol. The SMILES string of the molecule is C=C(S)NC(=C)c1ccnc(N[C@@H]2CCCC[C@H]2N[C@H]2CCCN(c3ccc(C(F)(F)F)cc3)C2)c1. The van der Waals surface area contributed by atoms with E-state index in [2.05, 4.69) is 51.6 Å². The highest BCUT2D eigenvalue weighted by molar-refractivity contribution is 7.84. The number of thiol groups is 1. The molecular weight excluding hydrogens is 483 g/mol. The maximum absolute atomic E-state index is 12.9. The lowest BCUT2D eigenvalue weighted by atomic mass is 9.89. The molecule has 36 heavy (non-hydrogen) atoms. The topological polar surface area (TPSA) is 52.2 Å². The van der Waals surface area contributed by atoms with Crippen LogP contribution in [0.25, 0.3) is 5.70 Å². The zero-order valence-corrected chi connectivity index (χ0v) is 21.2. The van der Waals surface area contributed by atoms with Gasteiger partial charge in [0.05, 0.1) is 10.6 Å². The number of anilines is 2. The van der Waals surface area contributed by atoms with Gasteiger partial charge in [0.2, 0.25) is 0 Å². The average Bonchev–Trinajstić information content (AvgIpc) is 2.85. The fourth-order valence-corrected chi connectivity index (χ4v) is 5.28. The van der Waals surface area contributed by atoms with Crippen molar-refractivity contribution in [3.05, 3.63) is 71.9 Å². The quantitative estimate of drug-likeness (QED) is 0.322. The second kappa shape index (κ2) is 11.6. The van der Waals surface area contributed by atoms with E-state index in [1.54, 1.807) is 18.3 Å². The molecule has 1 aliphatic heterocycles. The number of benzene rings is 1. The standard InChI is InChI=1S/C27H34F3N5S/c1-18(32-19(2)36)20-13-14-31-26(16-20)34-25-8-4-3-7-24(25)33-22-6-5-15-35(17-22)23-11-9-21(10-12-23)27(28,29)30/h9-14,16,22,24-25,32-33,36H,1-8,15,17H2,(H,31,34)/t22-,24+,25+/m0/s1. The van der Waals surface area contributed by atoms with Crippen molar-refractivity contribution < 1.29 is 13.2 Å². The van der Waals surface area contributed by atoms with Gasteiger partial charge in [0.15, 0.2) is 0 Å². The molecule has 1 saturated heterocycles. The molecule has 1 aromatic heterocycles. The highest BCUT2D eigenvalue weighted by Gasteiger charge is 2.31. The maximum atomic E-state index is 12.9. The number of hydrogen-bond acceptors (Lipinski definition) is 6. The van der Waals surface area contributed by atoms with Gasteiger partial charge in [0.1, 0.15) is 5.82 Å². The zero-order chi connectivity index (χ0) is 25.7. The van der Waals surface area contributed by atoms with Crippen molar-refractivity contribution >= 4 is 29.8 Å². The van der Waals surface area contributed by atoms with Gasteiger partial charge in [-0.2, -0.15) is 13.2 Å². The number of pyridine rings is 1. The number of nitrogens with one attached hydrogen (secondary N) is 3. The Bertz CT molecular complexity index is 1060. The molecule has 194 valence electrons. The van der Waals surface area contributed by atoms with Gasteiger partial charge in [-0.25, -0.2) is 4.98 Å². The normalized spacial score (nSPS) is 22.7. The van der Waals surface area contributed by atoms with Crippen LogP contribution >= 0.6 is 12.6 Å². The van der Waals surface area contributed by atoms with Crippen molar-refractivity contribution in [2.24, 2.45) is 0 Å². The summed E-state index contributed by atoms with van der Waals surface area (Å²) < 4.78 is 38.8. The molecule has 9 heteroatoms. The van der Waals surface area contributed by atoms with Crippen molar-refractivity contribution in [1.82, 2.24) is 15.6 Å². The summed E-state index contributed by atoms with van der Waals surface area (Å²) in [5, 5.41) is 11.0. The molecule has 1 aromatic carbocycles. The molecule has 0 amide bonds. The minimum atomic E-state index is -4.31. The van der Waals surface area contributed by atoms with Crippen LogP contribution in [-0.4, -0.2) is 36.2 Å². The van der Waals surface area contributed by atoms with Gasteiger partial charge in [-0.1, -0.05) is 26.0 Å². The molecular formula is C27H34F3N5S. The van der Waals surface area contributed by atoms with Gasteiger partial charge in [0, 0.05) is 54.4 Å². The molecule has 4 rings (SSSR count). The Morgan fingerprint density at radius 3 is 2.42 bits per heavy atom. The predicted octanol–water partition coefficient (Wildman–Crippen LogP) is 6.04. The summed E-state index contributed by atoms with van der Waals surface area (Å²) in [6, 6.07) is 10.2. The van der Waals surface area contributed by atoms with Crippen molar-refractivity contribution in [3.63, 3.8) is 0 Å². The third kappa shape index (κ3) is 6.97. The first-order chi connectivity index (χ1) is 17.2. The predicted molar refractivity (Wildman–Crippen MR) is 144 cm³/mol. The van der Waals surface area contributed by atoms with E-state index < -0.39 is 11.7 Å². The number of alkyl halides is 3. The summed E-state index contributed by atoms with van der Waals surface area (Å²) in [6.07, 6.45) is 3.95. The molecule has 2 heterocycles. The highest BCUT2D eigenvalue weighted by atomic mass is 32.1. The van der Waals surface area contributed by atoms with Crippen LogP contribution in [-0.2, 0) is 6.18 Å². The molecule has 0 spiro atoms. The van der Waals surface area contributed by atoms with Crippen molar-refractivity contribution in [2.45, 2.75) is 62.8 Å². The lowest BCUT2D eigenvalue weighted by molar-refractivity contribution is -0.137. The smallest absolute Gasteiger partial charge is 0.370 e. The lowest BCUT2D eigenvalue weighted by Gasteiger charge is -2.40. The lowest BCUT2D eigenvalue weighted by Crippen LogP contribution is -2.55. The maximum Gasteiger partial charge on any atom is 0.416 e. The third-order valence-corrected chi connectivity index (χ3v) is 7.05. The Morgan fingerprint density at radius 2 is 1.72 bits per heavy atom. The Balaban J connectivity index is 1.38. The first-order valence-electron chi connectivity index (χ1n) is 12.4. The van der Waals surface area contributed by atoms with Crippen LogP contribution in [0.15, 0.2) is 60.8 Å². The van der Waals surface area contributed by atoms with Gasteiger partial charge in [-0.05, 0) is 62.1 Å². The third-order valence-electron chi connectivity index (χ3n) is 6.93. The van der Waals surface area contributed by atoms with Crippen LogP contribution in [0.2, 0.25) is 0 Å². The van der Waals surface area contributed by atoms with Gasteiger partial charge >= 0.3 is 6.18 Å². The second-order valence-electron chi connectivity index (χ2n) is 9.62. The van der Waals surface area contributed by atoms with E-state index in [9.17, 15) is 13.2 Å². The minimum absolute atomic E-state index is 0.240. The number of hydrogen-bond donors (Lipinski definition) is 4. The van der Waals surface area contributed by atoms with Crippen LogP contribution in [0.1, 0.15) is 49.7 Å². The van der Waals surface area contributed by atoms with E-state index in [-0.39, 0.29) is 12.1 Å². The fraction of sp³-hybridized carbons (Fsp3) is 0.444. The van der Waals surface area contributed by atoms with E-state index in [4.69, 9.17) is 0 Å². The molecule has 3 N–H and O–H groups in total. The average molecular weight is 518 g/mol. The molecule has 1 saturated carbocycles. The van der Waals surface area contributed by atoms with E-state index in [1.165, 1.54) is 18.6 Å². The number of nitrogens with zero attached hydrogens (tertiary/aromatic N) is 2. The van der Waals surface area contributed by atoms with E-state index in [0.717, 1.165) is 62.3 Å². The van der Waals surface area contributed by atoms with Crippen molar-refractivity contribution in [3.8, 4) is 0 Å². The van der Waals surface area contributed by atoms with Crippen LogP contribution in [0.5, 0.6) is 0 Å². The Morgan fingerprint density at radius 1 is 1.00 bits per heavy atom. The fourth-order valence-electron chi connectivity index (χ4n) is 5.15.